The van der Waals surface area contributed by atoms with Crippen molar-refractivity contribution in [2.75, 3.05) is 5.32 Å². The maximum atomic E-state index is 12.4. The van der Waals surface area contributed by atoms with E-state index in [1.165, 1.54) is 0 Å². The molecular formula is C21H17NO3. The molecule has 3 aromatic rings. The van der Waals surface area contributed by atoms with Crippen molar-refractivity contribution in [3.63, 3.8) is 0 Å². The van der Waals surface area contributed by atoms with Gasteiger partial charge in [-0.05, 0) is 47.0 Å². The number of anilines is 1. The van der Waals surface area contributed by atoms with Gasteiger partial charge in [-0.3, -0.25) is 9.59 Å². The van der Waals surface area contributed by atoms with Crippen molar-refractivity contribution in [3.05, 3.63) is 89.5 Å². The van der Waals surface area contributed by atoms with Gasteiger partial charge in [-0.25, -0.2) is 0 Å². The quantitative estimate of drug-likeness (QED) is 0.697. The zero-order valence-corrected chi connectivity index (χ0v) is 13.5. The fourth-order valence-electron chi connectivity index (χ4n) is 2.58. The van der Waals surface area contributed by atoms with Gasteiger partial charge in [-0.1, -0.05) is 42.5 Å². The van der Waals surface area contributed by atoms with Crippen molar-refractivity contribution in [1.29, 1.82) is 0 Å². The molecule has 0 unspecified atom stereocenters. The summed E-state index contributed by atoms with van der Waals surface area (Å²) in [5.41, 5.74) is 3.93. The second-order valence-electron chi connectivity index (χ2n) is 5.60. The van der Waals surface area contributed by atoms with Crippen LogP contribution in [0, 0.1) is 0 Å². The van der Waals surface area contributed by atoms with Crippen LogP contribution in [0.3, 0.4) is 0 Å². The summed E-state index contributed by atoms with van der Waals surface area (Å²) < 4.78 is 0. The zero-order chi connectivity index (χ0) is 17.6. The Morgan fingerprint density at radius 1 is 0.920 bits per heavy atom. The summed E-state index contributed by atoms with van der Waals surface area (Å²) >= 11 is 0. The van der Waals surface area contributed by atoms with Gasteiger partial charge >= 0.3 is 0 Å². The van der Waals surface area contributed by atoms with E-state index < -0.39 is 0 Å². The van der Waals surface area contributed by atoms with Gasteiger partial charge in [0, 0.05) is 11.1 Å². The molecule has 0 saturated heterocycles. The zero-order valence-electron chi connectivity index (χ0n) is 13.5. The van der Waals surface area contributed by atoms with Gasteiger partial charge < -0.3 is 10.4 Å². The molecule has 2 N–H and O–H groups in total. The van der Waals surface area contributed by atoms with E-state index in [1.54, 1.807) is 36.4 Å². The number of carbonyl (C=O) groups excluding carboxylic acids is 2. The Bertz CT molecular complexity index is 904. The summed E-state index contributed by atoms with van der Waals surface area (Å²) in [4.78, 5) is 23.7. The lowest BCUT2D eigenvalue weighted by Crippen LogP contribution is -2.13. The summed E-state index contributed by atoms with van der Waals surface area (Å²) in [7, 11) is 0. The van der Waals surface area contributed by atoms with E-state index in [1.807, 2.05) is 36.4 Å². The molecule has 0 radical (unpaired) electrons. The largest absolute Gasteiger partial charge is 0.392 e. The Morgan fingerprint density at radius 2 is 1.68 bits per heavy atom. The van der Waals surface area contributed by atoms with E-state index in [2.05, 4.69) is 5.32 Å². The Morgan fingerprint density at radius 3 is 2.40 bits per heavy atom. The molecule has 0 heterocycles. The smallest absolute Gasteiger partial charge is 0.255 e. The summed E-state index contributed by atoms with van der Waals surface area (Å²) in [6.45, 7) is -0.0438. The van der Waals surface area contributed by atoms with Crippen molar-refractivity contribution in [2.45, 2.75) is 6.61 Å². The SMILES string of the molecule is O=Cc1ccc(-c2cccc(CO)c2)cc1NC(=O)c1ccccc1. The average molecular weight is 331 g/mol. The van der Waals surface area contributed by atoms with E-state index in [0.29, 0.717) is 23.1 Å². The van der Waals surface area contributed by atoms with Gasteiger partial charge in [0.25, 0.3) is 5.91 Å². The van der Waals surface area contributed by atoms with Crippen molar-refractivity contribution >= 4 is 17.9 Å². The highest BCUT2D eigenvalue weighted by molar-refractivity contribution is 6.06. The van der Waals surface area contributed by atoms with Gasteiger partial charge in [0.1, 0.15) is 0 Å². The minimum absolute atomic E-state index is 0.0438. The molecular weight excluding hydrogens is 314 g/mol. The van der Waals surface area contributed by atoms with Crippen LogP contribution in [0.2, 0.25) is 0 Å². The number of rotatable bonds is 5. The molecule has 25 heavy (non-hydrogen) atoms. The van der Waals surface area contributed by atoms with Crippen LogP contribution < -0.4 is 5.32 Å². The van der Waals surface area contributed by atoms with E-state index in [4.69, 9.17) is 0 Å². The molecule has 3 aromatic carbocycles. The standard InChI is InChI=1S/C21H17NO3/c23-13-15-5-4-8-17(11-15)18-9-10-19(14-24)20(12-18)22-21(25)16-6-2-1-3-7-16/h1-12,14,23H,13H2,(H,22,25). The van der Waals surface area contributed by atoms with E-state index in [-0.39, 0.29) is 12.5 Å². The fourth-order valence-corrected chi connectivity index (χ4v) is 2.58. The topological polar surface area (TPSA) is 66.4 Å². The Labute approximate surface area is 145 Å². The molecule has 0 bridgehead atoms. The van der Waals surface area contributed by atoms with Crippen molar-refractivity contribution in [1.82, 2.24) is 0 Å². The van der Waals surface area contributed by atoms with Gasteiger partial charge in [0.05, 0.1) is 12.3 Å². The Balaban J connectivity index is 1.95. The van der Waals surface area contributed by atoms with E-state index in [9.17, 15) is 14.7 Å². The summed E-state index contributed by atoms with van der Waals surface area (Å²) in [5, 5.41) is 12.1. The minimum Gasteiger partial charge on any atom is -0.392 e. The number of hydrogen-bond donors (Lipinski definition) is 2. The number of amides is 1. The van der Waals surface area contributed by atoms with Gasteiger partial charge in [0.15, 0.2) is 6.29 Å². The summed E-state index contributed by atoms with van der Waals surface area (Å²) in [6.07, 6.45) is 0.717. The third kappa shape index (κ3) is 3.82. The van der Waals surface area contributed by atoms with Crippen LogP contribution in [0.5, 0.6) is 0 Å². The van der Waals surface area contributed by atoms with Crippen molar-refractivity contribution in [3.8, 4) is 11.1 Å². The first-order valence-electron chi connectivity index (χ1n) is 7.87. The van der Waals surface area contributed by atoms with Crippen molar-refractivity contribution < 1.29 is 14.7 Å². The molecule has 0 aliphatic rings. The van der Waals surface area contributed by atoms with E-state index >= 15 is 0 Å². The van der Waals surface area contributed by atoms with Crippen LogP contribution in [0.25, 0.3) is 11.1 Å². The number of carbonyl (C=O) groups is 2. The Hall–Kier alpha value is -3.24. The third-order valence-corrected chi connectivity index (χ3v) is 3.91. The summed E-state index contributed by atoms with van der Waals surface area (Å²) in [6, 6.07) is 21.6. The Kier molecular flexibility index (Phi) is 5.02. The normalized spacial score (nSPS) is 10.3. The molecule has 3 rings (SSSR count). The third-order valence-electron chi connectivity index (χ3n) is 3.91. The minimum atomic E-state index is -0.273. The molecule has 0 aliphatic carbocycles. The fraction of sp³-hybridized carbons (Fsp3) is 0.0476. The number of nitrogens with one attached hydrogen (secondary N) is 1. The number of aldehydes is 1. The second kappa shape index (κ2) is 7.55. The van der Waals surface area contributed by atoms with Crippen LogP contribution in [0.15, 0.2) is 72.8 Å². The second-order valence-corrected chi connectivity index (χ2v) is 5.60. The van der Waals surface area contributed by atoms with Crippen molar-refractivity contribution in [2.24, 2.45) is 0 Å². The highest BCUT2D eigenvalue weighted by atomic mass is 16.3. The predicted molar refractivity (Wildman–Crippen MR) is 97.6 cm³/mol. The van der Waals surface area contributed by atoms with Crippen LogP contribution >= 0.6 is 0 Å². The average Bonchev–Trinajstić information content (AvgIpc) is 2.68. The molecule has 0 saturated carbocycles. The first-order chi connectivity index (χ1) is 12.2. The molecule has 0 atom stereocenters. The maximum Gasteiger partial charge on any atom is 0.255 e. The van der Waals surface area contributed by atoms with E-state index in [0.717, 1.165) is 16.7 Å². The first kappa shape index (κ1) is 16.6. The molecule has 124 valence electrons. The van der Waals surface area contributed by atoms with Gasteiger partial charge in [-0.2, -0.15) is 0 Å². The molecule has 0 fully saturated rings. The summed E-state index contributed by atoms with van der Waals surface area (Å²) in [5.74, 6) is -0.273. The monoisotopic (exact) mass is 331 g/mol. The number of hydrogen-bond acceptors (Lipinski definition) is 3. The number of aliphatic hydroxyl groups is 1. The highest BCUT2D eigenvalue weighted by Crippen LogP contribution is 2.26. The molecule has 0 spiro atoms. The van der Waals surface area contributed by atoms with Crippen LogP contribution in [-0.4, -0.2) is 17.3 Å². The van der Waals surface area contributed by atoms with Crippen LogP contribution in [0.1, 0.15) is 26.3 Å². The predicted octanol–water partition coefficient (Wildman–Crippen LogP) is 3.91. The molecule has 0 aromatic heterocycles. The maximum absolute atomic E-state index is 12.4. The van der Waals surface area contributed by atoms with Crippen LogP contribution in [-0.2, 0) is 6.61 Å². The number of aliphatic hydroxyl groups excluding tert-OH is 1. The molecule has 1 amide bonds. The van der Waals surface area contributed by atoms with Crippen LogP contribution in [0.4, 0.5) is 5.69 Å². The molecule has 4 heteroatoms. The van der Waals surface area contributed by atoms with Gasteiger partial charge in [0.2, 0.25) is 0 Å². The highest BCUT2D eigenvalue weighted by Gasteiger charge is 2.10. The molecule has 0 aliphatic heterocycles. The molecule has 4 nitrogen and oxygen atoms in total. The lowest BCUT2D eigenvalue weighted by atomic mass is 10.0. The lowest BCUT2D eigenvalue weighted by Gasteiger charge is -2.11. The lowest BCUT2D eigenvalue weighted by molar-refractivity contribution is 0.102. The van der Waals surface area contributed by atoms with Gasteiger partial charge in [-0.15, -0.1) is 0 Å². The number of benzene rings is 3. The first-order valence-corrected chi connectivity index (χ1v) is 7.87.